The molecule has 0 bridgehead atoms. The molecular weight excluding hydrogens is 318 g/mol. The fourth-order valence-corrected chi connectivity index (χ4v) is 2.39. The Hall–Kier alpha value is -2.60. The van der Waals surface area contributed by atoms with Crippen LogP contribution >= 0.6 is 11.6 Å². The summed E-state index contributed by atoms with van der Waals surface area (Å²) in [5.41, 5.74) is 2.12. The molecular formula is C16H16ClN3O3. The first-order valence-electron chi connectivity index (χ1n) is 6.83. The molecule has 23 heavy (non-hydrogen) atoms. The normalized spacial score (nSPS) is 10.3. The van der Waals surface area contributed by atoms with Gasteiger partial charge in [-0.05, 0) is 36.8 Å². The van der Waals surface area contributed by atoms with E-state index in [0.717, 1.165) is 5.56 Å². The van der Waals surface area contributed by atoms with E-state index in [0.29, 0.717) is 16.4 Å². The maximum atomic E-state index is 12.6. The van der Waals surface area contributed by atoms with Gasteiger partial charge in [0.05, 0.1) is 10.5 Å². The summed E-state index contributed by atoms with van der Waals surface area (Å²) >= 11 is 5.90. The predicted octanol–water partition coefficient (Wildman–Crippen LogP) is 3.87. The highest BCUT2D eigenvalue weighted by atomic mass is 35.5. The lowest BCUT2D eigenvalue weighted by atomic mass is 10.1. The van der Waals surface area contributed by atoms with Crippen molar-refractivity contribution in [3.8, 4) is 0 Å². The average Bonchev–Trinajstić information content (AvgIpc) is 2.49. The lowest BCUT2D eigenvalue weighted by molar-refractivity contribution is -0.384. The van der Waals surface area contributed by atoms with Crippen LogP contribution in [0.5, 0.6) is 0 Å². The van der Waals surface area contributed by atoms with Crippen molar-refractivity contribution in [3.63, 3.8) is 0 Å². The molecule has 0 saturated carbocycles. The predicted molar refractivity (Wildman–Crippen MR) is 91.6 cm³/mol. The molecule has 120 valence electrons. The third kappa shape index (κ3) is 3.78. The van der Waals surface area contributed by atoms with Crippen molar-refractivity contribution >= 4 is 34.6 Å². The minimum Gasteiger partial charge on any atom is -0.377 e. The van der Waals surface area contributed by atoms with E-state index in [1.54, 1.807) is 43.3 Å². The summed E-state index contributed by atoms with van der Waals surface area (Å²) < 4.78 is 0. The van der Waals surface area contributed by atoms with Crippen molar-refractivity contribution in [3.05, 3.63) is 62.7 Å². The third-order valence-electron chi connectivity index (χ3n) is 3.35. The van der Waals surface area contributed by atoms with E-state index in [1.807, 2.05) is 6.92 Å². The Morgan fingerprint density at radius 3 is 2.48 bits per heavy atom. The number of anilines is 2. The molecule has 0 atom stereocenters. The molecule has 2 aromatic rings. The summed E-state index contributed by atoms with van der Waals surface area (Å²) in [5.74, 6) is -0.414. The smallest absolute Gasteiger partial charge is 0.270 e. The number of hydrogen-bond acceptors (Lipinski definition) is 4. The van der Waals surface area contributed by atoms with Gasteiger partial charge in [0.2, 0.25) is 0 Å². The van der Waals surface area contributed by atoms with Gasteiger partial charge in [0.25, 0.3) is 11.6 Å². The number of rotatable bonds is 4. The molecule has 0 saturated heterocycles. The first kappa shape index (κ1) is 16.8. The van der Waals surface area contributed by atoms with E-state index < -0.39 is 10.8 Å². The van der Waals surface area contributed by atoms with Crippen LogP contribution in [0, 0.1) is 17.0 Å². The highest BCUT2D eigenvalue weighted by Gasteiger charge is 2.18. The van der Waals surface area contributed by atoms with Gasteiger partial charge in [0.15, 0.2) is 0 Å². The Morgan fingerprint density at radius 1 is 1.22 bits per heavy atom. The minimum absolute atomic E-state index is 0.131. The third-order valence-corrected chi connectivity index (χ3v) is 3.59. The molecule has 0 unspecified atom stereocenters. The van der Waals surface area contributed by atoms with Crippen LogP contribution in [0.2, 0.25) is 5.02 Å². The first-order chi connectivity index (χ1) is 10.8. The summed E-state index contributed by atoms with van der Waals surface area (Å²) in [6.45, 7) is 1.82. The molecule has 2 aromatic carbocycles. The van der Waals surface area contributed by atoms with Crippen molar-refractivity contribution < 1.29 is 9.72 Å². The molecule has 6 nitrogen and oxygen atoms in total. The number of amides is 1. The molecule has 0 aliphatic heterocycles. The van der Waals surface area contributed by atoms with Gasteiger partial charge in [-0.1, -0.05) is 11.6 Å². The van der Waals surface area contributed by atoms with E-state index >= 15 is 0 Å². The molecule has 0 aliphatic rings. The quantitative estimate of drug-likeness (QED) is 0.680. The molecule has 0 heterocycles. The number of nitrogens with zero attached hydrogens (tertiary/aromatic N) is 2. The van der Waals surface area contributed by atoms with E-state index in [4.69, 9.17) is 11.6 Å². The molecule has 0 fully saturated rings. The number of halogens is 1. The minimum atomic E-state index is -0.524. The fourth-order valence-electron chi connectivity index (χ4n) is 2.17. The molecule has 1 N–H and O–H groups in total. The standard InChI is InChI=1S/C16H16ClN3O3/c1-10-8-11(17)4-6-14(10)18-16(21)13-9-12(20(22)23)5-7-15(13)19(2)3/h4-9H,1-3H3,(H,18,21). The van der Waals surface area contributed by atoms with Crippen LogP contribution in [0.15, 0.2) is 36.4 Å². The Labute approximate surface area is 138 Å². The highest BCUT2D eigenvalue weighted by molar-refractivity contribution is 6.30. The fraction of sp³-hybridized carbons (Fsp3) is 0.188. The van der Waals surface area contributed by atoms with Crippen LogP contribution in [-0.2, 0) is 0 Å². The summed E-state index contributed by atoms with van der Waals surface area (Å²) in [6, 6.07) is 9.31. The number of benzene rings is 2. The molecule has 0 radical (unpaired) electrons. The van der Waals surface area contributed by atoms with E-state index in [9.17, 15) is 14.9 Å². The highest BCUT2D eigenvalue weighted by Crippen LogP contribution is 2.26. The number of aryl methyl sites for hydroxylation is 1. The number of nitro groups is 1. The number of hydrogen-bond donors (Lipinski definition) is 1. The van der Waals surface area contributed by atoms with E-state index in [2.05, 4.69) is 5.32 Å². The number of non-ortho nitro benzene ring substituents is 1. The van der Waals surface area contributed by atoms with Crippen molar-refractivity contribution in [2.75, 3.05) is 24.3 Å². The number of carbonyl (C=O) groups is 1. The number of carbonyl (C=O) groups excluding carboxylic acids is 1. The van der Waals surface area contributed by atoms with Gasteiger partial charge < -0.3 is 10.2 Å². The van der Waals surface area contributed by atoms with Crippen molar-refractivity contribution in [1.29, 1.82) is 0 Å². The topological polar surface area (TPSA) is 75.5 Å². The van der Waals surface area contributed by atoms with Crippen LogP contribution in [0.3, 0.4) is 0 Å². The van der Waals surface area contributed by atoms with Crippen LogP contribution in [-0.4, -0.2) is 24.9 Å². The Kier molecular flexibility index (Phi) is 4.86. The van der Waals surface area contributed by atoms with Crippen LogP contribution in [0.1, 0.15) is 15.9 Å². The second-order valence-electron chi connectivity index (χ2n) is 5.27. The van der Waals surface area contributed by atoms with Crippen LogP contribution in [0.25, 0.3) is 0 Å². The second-order valence-corrected chi connectivity index (χ2v) is 5.70. The van der Waals surface area contributed by atoms with Crippen LogP contribution < -0.4 is 10.2 Å². The van der Waals surface area contributed by atoms with Crippen molar-refractivity contribution in [2.24, 2.45) is 0 Å². The lowest BCUT2D eigenvalue weighted by Gasteiger charge is -2.17. The maximum Gasteiger partial charge on any atom is 0.270 e. The first-order valence-corrected chi connectivity index (χ1v) is 7.20. The molecule has 7 heteroatoms. The second kappa shape index (κ2) is 6.66. The number of nitro benzene ring substituents is 1. The molecule has 0 aliphatic carbocycles. The molecule has 2 rings (SSSR count). The number of nitrogens with one attached hydrogen (secondary N) is 1. The molecule has 0 aromatic heterocycles. The van der Waals surface area contributed by atoms with Gasteiger partial charge in [-0.2, -0.15) is 0 Å². The summed E-state index contributed by atoms with van der Waals surface area (Å²) in [4.78, 5) is 24.7. The van der Waals surface area contributed by atoms with Crippen molar-refractivity contribution in [2.45, 2.75) is 6.92 Å². The van der Waals surface area contributed by atoms with Gasteiger partial charge >= 0.3 is 0 Å². The summed E-state index contributed by atoms with van der Waals surface area (Å²) in [6.07, 6.45) is 0. The lowest BCUT2D eigenvalue weighted by Crippen LogP contribution is -2.19. The van der Waals surface area contributed by atoms with Gasteiger partial charge in [-0.25, -0.2) is 0 Å². The maximum absolute atomic E-state index is 12.6. The van der Waals surface area contributed by atoms with E-state index in [-0.39, 0.29) is 11.3 Å². The zero-order chi connectivity index (χ0) is 17.1. The van der Waals surface area contributed by atoms with Gasteiger partial charge in [0.1, 0.15) is 0 Å². The SMILES string of the molecule is Cc1cc(Cl)ccc1NC(=O)c1cc([N+](=O)[O-])ccc1N(C)C. The average molecular weight is 334 g/mol. The summed E-state index contributed by atoms with van der Waals surface area (Å²) in [5, 5.41) is 14.3. The van der Waals surface area contributed by atoms with Gasteiger partial charge in [0, 0.05) is 42.6 Å². The Bertz CT molecular complexity index is 775. The molecule has 1 amide bonds. The van der Waals surface area contributed by atoms with Gasteiger partial charge in [-0.15, -0.1) is 0 Å². The monoisotopic (exact) mass is 333 g/mol. The van der Waals surface area contributed by atoms with E-state index in [1.165, 1.54) is 12.1 Å². The zero-order valence-electron chi connectivity index (χ0n) is 13.0. The largest absolute Gasteiger partial charge is 0.377 e. The Balaban J connectivity index is 2.40. The van der Waals surface area contributed by atoms with Gasteiger partial charge in [-0.3, -0.25) is 14.9 Å². The van der Waals surface area contributed by atoms with Crippen molar-refractivity contribution in [1.82, 2.24) is 0 Å². The van der Waals surface area contributed by atoms with Crippen LogP contribution in [0.4, 0.5) is 17.1 Å². The zero-order valence-corrected chi connectivity index (χ0v) is 13.7. The summed E-state index contributed by atoms with van der Waals surface area (Å²) in [7, 11) is 3.54. The Morgan fingerprint density at radius 2 is 1.91 bits per heavy atom. The molecule has 0 spiro atoms.